The summed E-state index contributed by atoms with van der Waals surface area (Å²) in [4.78, 5) is 21.6. The van der Waals surface area contributed by atoms with E-state index in [2.05, 4.69) is 25.7 Å². The van der Waals surface area contributed by atoms with E-state index < -0.39 is 0 Å². The van der Waals surface area contributed by atoms with Crippen molar-refractivity contribution in [1.82, 2.24) is 35.3 Å². The molecular weight excluding hydrogens is 407 g/mol. The molecule has 1 aliphatic rings. The molecule has 4 heterocycles. The van der Waals surface area contributed by atoms with E-state index in [9.17, 15) is 4.79 Å². The van der Waals surface area contributed by atoms with E-state index in [1.807, 2.05) is 16.5 Å². The lowest BCUT2D eigenvalue weighted by Gasteiger charge is -2.26. The lowest BCUT2D eigenvalue weighted by Crippen LogP contribution is -2.45. The van der Waals surface area contributed by atoms with Crippen LogP contribution in [0.15, 0.2) is 17.0 Å². The molecule has 1 aliphatic heterocycles. The number of fused-ring (bicyclic) bond motifs is 1. The van der Waals surface area contributed by atoms with Gasteiger partial charge in [-0.05, 0) is 30.1 Å². The van der Waals surface area contributed by atoms with Crippen LogP contribution in [0.25, 0.3) is 22.6 Å². The maximum atomic E-state index is 12.9. The van der Waals surface area contributed by atoms with Gasteiger partial charge in [0.15, 0.2) is 17.3 Å². The summed E-state index contributed by atoms with van der Waals surface area (Å²) >= 11 is 0. The predicted octanol–water partition coefficient (Wildman–Crippen LogP) is 2.06. The molecule has 0 unspecified atom stereocenters. The Balaban J connectivity index is 0.00000140. The average Bonchev–Trinajstić information content (AvgIpc) is 3.24. The Kier molecular flexibility index (Phi) is 7.17. The Morgan fingerprint density at radius 2 is 1.96 bits per heavy atom. The molecular formula is C16H22Cl2N8O2. The van der Waals surface area contributed by atoms with Crippen LogP contribution in [0.2, 0.25) is 0 Å². The first-order chi connectivity index (χ1) is 12.7. The van der Waals surface area contributed by atoms with Crippen LogP contribution in [0.4, 0.5) is 5.82 Å². The van der Waals surface area contributed by atoms with Gasteiger partial charge in [0, 0.05) is 25.8 Å². The zero-order valence-corrected chi connectivity index (χ0v) is 16.9. The fraction of sp³-hybridized carbons (Fsp3) is 0.438. The molecule has 28 heavy (non-hydrogen) atoms. The fourth-order valence-electron chi connectivity index (χ4n) is 3.30. The molecule has 4 rings (SSSR count). The summed E-state index contributed by atoms with van der Waals surface area (Å²) in [5.41, 5.74) is 10.9. The van der Waals surface area contributed by atoms with Crippen LogP contribution in [0, 0.1) is 0 Å². The monoisotopic (exact) mass is 428 g/mol. The minimum atomic E-state index is -0.197. The van der Waals surface area contributed by atoms with Crippen LogP contribution in [0.1, 0.15) is 36.5 Å². The second-order valence-electron chi connectivity index (χ2n) is 6.22. The third-order valence-corrected chi connectivity index (χ3v) is 4.55. The van der Waals surface area contributed by atoms with Crippen molar-refractivity contribution in [1.29, 1.82) is 0 Å². The summed E-state index contributed by atoms with van der Waals surface area (Å²) < 4.78 is 6.57. The molecule has 10 nitrogen and oxygen atoms in total. The van der Waals surface area contributed by atoms with Gasteiger partial charge in [0.25, 0.3) is 5.91 Å². The number of aromatic nitrogens is 5. The molecule has 0 atom stereocenters. The quantitative estimate of drug-likeness (QED) is 0.645. The van der Waals surface area contributed by atoms with Crippen LogP contribution in [-0.2, 0) is 6.54 Å². The number of nitrogens with one attached hydrogen (secondary N) is 1. The van der Waals surface area contributed by atoms with E-state index in [-0.39, 0.29) is 36.5 Å². The molecule has 152 valence electrons. The average molecular weight is 429 g/mol. The normalized spacial score (nSPS) is 14.3. The zero-order chi connectivity index (χ0) is 18.1. The summed E-state index contributed by atoms with van der Waals surface area (Å²) in [7, 11) is 0. The highest BCUT2D eigenvalue weighted by molar-refractivity contribution is 6.05. The number of aryl methyl sites for hydroxylation is 1. The first-order valence-corrected chi connectivity index (χ1v) is 8.67. The number of nitrogen functional groups attached to an aromatic ring is 1. The van der Waals surface area contributed by atoms with Gasteiger partial charge >= 0.3 is 0 Å². The highest BCUT2D eigenvalue weighted by Crippen LogP contribution is 2.28. The number of amides is 1. The van der Waals surface area contributed by atoms with Crippen molar-refractivity contribution >= 4 is 47.6 Å². The van der Waals surface area contributed by atoms with Gasteiger partial charge in [-0.2, -0.15) is 0 Å². The van der Waals surface area contributed by atoms with Crippen molar-refractivity contribution in [3.63, 3.8) is 0 Å². The maximum Gasteiger partial charge on any atom is 0.269 e. The molecule has 3 aromatic heterocycles. The Bertz CT molecular complexity index is 951. The number of hydrazine groups is 1. The van der Waals surface area contributed by atoms with Crippen LogP contribution in [0.3, 0.4) is 0 Å². The highest BCUT2D eigenvalue weighted by Gasteiger charge is 2.23. The van der Waals surface area contributed by atoms with Gasteiger partial charge in [-0.1, -0.05) is 6.42 Å². The summed E-state index contributed by atoms with van der Waals surface area (Å²) in [6.07, 6.45) is 6.54. The fourth-order valence-corrected chi connectivity index (χ4v) is 3.30. The van der Waals surface area contributed by atoms with E-state index in [1.54, 1.807) is 12.4 Å². The standard InChI is InChI=1S/C16H20N8O2.2ClH/c1-2-24-13-10(16(25)20-23-6-4-3-5-7-23)8-18-9-11(13)19-15(24)12-14(17)22-26-21-12;;/h8-9H,2-7H2,1H3,(H2,17,22)(H,20,25);2*1H. The molecule has 1 saturated heterocycles. The first-order valence-electron chi connectivity index (χ1n) is 8.67. The summed E-state index contributed by atoms with van der Waals surface area (Å²) in [6.45, 7) is 4.25. The minimum Gasteiger partial charge on any atom is -0.379 e. The Hall–Kier alpha value is -2.43. The molecule has 1 fully saturated rings. The second kappa shape index (κ2) is 9.18. The number of carbonyl (C=O) groups excluding carboxylic acids is 1. The van der Waals surface area contributed by atoms with Crippen LogP contribution < -0.4 is 11.2 Å². The number of pyridine rings is 1. The van der Waals surface area contributed by atoms with Gasteiger partial charge in [0.2, 0.25) is 0 Å². The van der Waals surface area contributed by atoms with Crippen molar-refractivity contribution in [3.8, 4) is 11.5 Å². The molecule has 12 heteroatoms. The van der Waals surface area contributed by atoms with Gasteiger partial charge in [-0.25, -0.2) is 14.6 Å². The zero-order valence-electron chi connectivity index (χ0n) is 15.3. The molecule has 0 aromatic carbocycles. The van der Waals surface area contributed by atoms with Gasteiger partial charge in [0.1, 0.15) is 5.52 Å². The van der Waals surface area contributed by atoms with Gasteiger partial charge in [-0.15, -0.1) is 24.8 Å². The number of hydrogen-bond donors (Lipinski definition) is 2. The van der Waals surface area contributed by atoms with Crippen molar-refractivity contribution < 1.29 is 9.42 Å². The van der Waals surface area contributed by atoms with Crippen LogP contribution in [0.5, 0.6) is 0 Å². The SMILES string of the molecule is CCn1c(-c2nonc2N)nc2cncc(C(=O)NN3CCCCC3)c21.Cl.Cl. The first kappa shape index (κ1) is 21.9. The maximum absolute atomic E-state index is 12.9. The van der Waals surface area contributed by atoms with E-state index in [1.165, 1.54) is 6.42 Å². The number of rotatable bonds is 4. The largest absolute Gasteiger partial charge is 0.379 e. The van der Waals surface area contributed by atoms with Gasteiger partial charge < -0.3 is 10.3 Å². The predicted molar refractivity (Wildman–Crippen MR) is 108 cm³/mol. The number of halogens is 2. The number of nitrogens with two attached hydrogens (primary N) is 1. The van der Waals surface area contributed by atoms with E-state index in [0.29, 0.717) is 34.7 Å². The number of piperidine rings is 1. The summed E-state index contributed by atoms with van der Waals surface area (Å²) in [6, 6.07) is 0. The second-order valence-corrected chi connectivity index (χ2v) is 6.22. The number of anilines is 1. The third-order valence-electron chi connectivity index (χ3n) is 4.55. The summed E-state index contributed by atoms with van der Waals surface area (Å²) in [5, 5.41) is 9.40. The smallest absolute Gasteiger partial charge is 0.269 e. The van der Waals surface area contributed by atoms with Crippen molar-refractivity contribution in [2.75, 3.05) is 18.8 Å². The molecule has 0 spiro atoms. The number of imidazole rings is 1. The molecule has 1 amide bonds. The van der Waals surface area contributed by atoms with Crippen molar-refractivity contribution in [3.05, 3.63) is 18.0 Å². The number of carbonyl (C=O) groups is 1. The van der Waals surface area contributed by atoms with Crippen molar-refractivity contribution in [2.24, 2.45) is 0 Å². The number of nitrogens with zero attached hydrogens (tertiary/aromatic N) is 6. The molecule has 3 aromatic rings. The Morgan fingerprint density at radius 1 is 1.21 bits per heavy atom. The van der Waals surface area contributed by atoms with E-state index in [4.69, 9.17) is 10.4 Å². The molecule has 0 radical (unpaired) electrons. The minimum absolute atomic E-state index is 0. The third kappa shape index (κ3) is 3.89. The molecule has 0 aliphatic carbocycles. The van der Waals surface area contributed by atoms with Gasteiger partial charge in [-0.3, -0.25) is 15.2 Å². The van der Waals surface area contributed by atoms with Gasteiger partial charge in [0.05, 0.1) is 17.3 Å². The topological polar surface area (TPSA) is 128 Å². The lowest BCUT2D eigenvalue weighted by atomic mass is 10.2. The Morgan fingerprint density at radius 3 is 2.61 bits per heavy atom. The number of hydrogen-bond acceptors (Lipinski definition) is 8. The summed E-state index contributed by atoms with van der Waals surface area (Å²) in [5.74, 6) is 0.459. The molecule has 3 N–H and O–H groups in total. The van der Waals surface area contributed by atoms with Crippen LogP contribution >= 0.6 is 24.8 Å². The molecule has 0 bridgehead atoms. The van der Waals surface area contributed by atoms with E-state index in [0.717, 1.165) is 25.9 Å². The van der Waals surface area contributed by atoms with Crippen LogP contribution in [-0.4, -0.2) is 48.9 Å². The highest BCUT2D eigenvalue weighted by atomic mass is 35.5. The molecule has 0 saturated carbocycles. The Labute approximate surface area is 173 Å². The lowest BCUT2D eigenvalue weighted by molar-refractivity contribution is 0.0751. The van der Waals surface area contributed by atoms with Crippen molar-refractivity contribution in [2.45, 2.75) is 32.7 Å². The van der Waals surface area contributed by atoms with E-state index >= 15 is 0 Å².